The van der Waals surface area contributed by atoms with Gasteiger partial charge in [-0.25, -0.2) is 14.6 Å². The van der Waals surface area contributed by atoms with Gasteiger partial charge in [-0.15, -0.1) is 11.3 Å². The summed E-state index contributed by atoms with van der Waals surface area (Å²) >= 11 is 1.39. The van der Waals surface area contributed by atoms with Gasteiger partial charge in [0.25, 0.3) is 11.8 Å². The number of amides is 4. The highest BCUT2D eigenvalue weighted by atomic mass is 32.1. The van der Waals surface area contributed by atoms with Crippen LogP contribution in [-0.2, 0) is 9.59 Å². The molecule has 4 amide bonds. The Morgan fingerprint density at radius 3 is 1.61 bits per heavy atom. The number of carbonyl (C=O) groups is 3. The summed E-state index contributed by atoms with van der Waals surface area (Å²) in [7, 11) is 3.05. The molecule has 156 valence electrons. The molecule has 31 heavy (non-hydrogen) atoms. The number of anilines is 2. The molecule has 1 aromatic heterocycles. The van der Waals surface area contributed by atoms with Gasteiger partial charge in [-0.05, 0) is 66.1 Å². The fourth-order valence-corrected chi connectivity index (χ4v) is 3.82. The van der Waals surface area contributed by atoms with Gasteiger partial charge < -0.3 is 9.47 Å². The van der Waals surface area contributed by atoms with Gasteiger partial charge in [0.2, 0.25) is 0 Å². The highest BCUT2D eigenvalue weighted by molar-refractivity contribution is 7.10. The van der Waals surface area contributed by atoms with E-state index in [1.54, 1.807) is 54.6 Å². The Morgan fingerprint density at radius 2 is 1.23 bits per heavy atom. The number of carbonyl (C=O) groups excluding carboxylic acids is 3. The number of imide groups is 2. The molecule has 1 saturated heterocycles. The van der Waals surface area contributed by atoms with E-state index in [1.165, 1.54) is 31.6 Å². The summed E-state index contributed by atoms with van der Waals surface area (Å²) in [5.74, 6) is -0.201. The van der Waals surface area contributed by atoms with Crippen molar-refractivity contribution in [3.05, 3.63) is 76.5 Å². The first-order valence-corrected chi connectivity index (χ1v) is 10.2. The number of hydrogen-bond acceptors (Lipinski definition) is 6. The Morgan fingerprint density at radius 1 is 0.742 bits per heavy atom. The SMILES string of the molecule is COc1ccc(N2C(=O)C(=Cc3cccs3)C(=O)N(c3ccc(OC)cc3)C2=O)cc1. The summed E-state index contributed by atoms with van der Waals surface area (Å²) in [5, 5.41) is 1.85. The van der Waals surface area contributed by atoms with Crippen LogP contribution in [-0.4, -0.2) is 32.1 Å². The number of benzene rings is 2. The van der Waals surface area contributed by atoms with Crippen LogP contribution in [0.15, 0.2) is 71.6 Å². The average Bonchev–Trinajstić information content (AvgIpc) is 3.31. The third-order valence-electron chi connectivity index (χ3n) is 4.74. The van der Waals surface area contributed by atoms with Crippen LogP contribution in [0.4, 0.5) is 16.2 Å². The maximum Gasteiger partial charge on any atom is 0.343 e. The largest absolute Gasteiger partial charge is 0.497 e. The van der Waals surface area contributed by atoms with Gasteiger partial charge >= 0.3 is 6.03 Å². The van der Waals surface area contributed by atoms with Crippen LogP contribution in [0.5, 0.6) is 11.5 Å². The zero-order valence-corrected chi connectivity index (χ0v) is 17.6. The molecule has 0 N–H and O–H groups in total. The average molecular weight is 434 g/mol. The molecule has 8 heteroatoms. The van der Waals surface area contributed by atoms with E-state index in [0.29, 0.717) is 22.9 Å². The van der Waals surface area contributed by atoms with Gasteiger partial charge in [0.15, 0.2) is 0 Å². The van der Waals surface area contributed by atoms with Crippen molar-refractivity contribution in [3.63, 3.8) is 0 Å². The van der Waals surface area contributed by atoms with E-state index in [0.717, 1.165) is 14.7 Å². The molecule has 0 atom stereocenters. The van der Waals surface area contributed by atoms with E-state index in [9.17, 15) is 14.4 Å². The smallest absolute Gasteiger partial charge is 0.343 e. The summed E-state index contributed by atoms with van der Waals surface area (Å²) in [6, 6.07) is 15.8. The number of rotatable bonds is 5. The molecule has 0 aliphatic carbocycles. The van der Waals surface area contributed by atoms with Gasteiger partial charge in [-0.3, -0.25) is 9.59 Å². The molecule has 3 aromatic rings. The van der Waals surface area contributed by atoms with Crippen molar-refractivity contribution in [2.24, 2.45) is 0 Å². The minimum atomic E-state index is -0.756. The summed E-state index contributed by atoms with van der Waals surface area (Å²) < 4.78 is 10.3. The second-order valence-electron chi connectivity index (χ2n) is 6.53. The van der Waals surface area contributed by atoms with Gasteiger partial charge in [0.1, 0.15) is 17.1 Å². The molecular formula is C23H18N2O5S. The van der Waals surface area contributed by atoms with Gasteiger partial charge in [0, 0.05) is 4.88 Å². The molecule has 0 radical (unpaired) electrons. The topological polar surface area (TPSA) is 76.2 Å². The molecule has 7 nitrogen and oxygen atoms in total. The van der Waals surface area contributed by atoms with Crippen molar-refractivity contribution in [3.8, 4) is 11.5 Å². The molecular weight excluding hydrogens is 416 g/mol. The summed E-state index contributed by atoms with van der Waals surface area (Å²) in [4.78, 5) is 42.5. The van der Waals surface area contributed by atoms with E-state index in [-0.39, 0.29) is 5.57 Å². The summed E-state index contributed by atoms with van der Waals surface area (Å²) in [6.45, 7) is 0. The summed E-state index contributed by atoms with van der Waals surface area (Å²) in [5.41, 5.74) is 0.562. The van der Waals surface area contributed by atoms with Crippen LogP contribution < -0.4 is 19.3 Å². The van der Waals surface area contributed by atoms with Gasteiger partial charge in [0.05, 0.1) is 25.6 Å². The Balaban J connectivity index is 1.82. The zero-order valence-electron chi connectivity index (χ0n) is 16.8. The quantitative estimate of drug-likeness (QED) is 0.441. The molecule has 2 heterocycles. The molecule has 1 aliphatic heterocycles. The molecule has 0 unspecified atom stereocenters. The van der Waals surface area contributed by atoms with Crippen LogP contribution >= 0.6 is 11.3 Å². The number of thiophene rings is 1. The second-order valence-corrected chi connectivity index (χ2v) is 7.51. The van der Waals surface area contributed by atoms with Crippen molar-refractivity contribution in [2.75, 3.05) is 24.0 Å². The number of barbiturate groups is 1. The predicted molar refractivity (Wildman–Crippen MR) is 119 cm³/mol. The maximum absolute atomic E-state index is 13.3. The lowest BCUT2D eigenvalue weighted by Gasteiger charge is -2.34. The van der Waals surface area contributed by atoms with Crippen LogP contribution in [0.1, 0.15) is 4.88 Å². The van der Waals surface area contributed by atoms with Crippen LogP contribution in [0.2, 0.25) is 0 Å². The standard InChI is InChI=1S/C23H18N2O5S/c1-29-17-9-5-15(6-10-17)24-21(26)20(14-19-4-3-13-31-19)22(27)25(23(24)28)16-7-11-18(30-2)12-8-16/h3-14H,1-2H3. The minimum Gasteiger partial charge on any atom is -0.497 e. The van der Waals surface area contributed by atoms with E-state index in [4.69, 9.17) is 9.47 Å². The van der Waals surface area contributed by atoms with E-state index >= 15 is 0 Å². The monoisotopic (exact) mass is 434 g/mol. The van der Waals surface area contributed by atoms with Crippen molar-refractivity contribution in [1.82, 2.24) is 0 Å². The highest BCUT2D eigenvalue weighted by Crippen LogP contribution is 2.31. The molecule has 1 aliphatic rings. The molecule has 2 aromatic carbocycles. The van der Waals surface area contributed by atoms with E-state index < -0.39 is 17.8 Å². The first-order chi connectivity index (χ1) is 15.0. The fraction of sp³-hybridized carbons (Fsp3) is 0.0870. The van der Waals surface area contributed by atoms with Gasteiger partial charge in [-0.1, -0.05) is 6.07 Å². The maximum atomic E-state index is 13.3. The number of nitrogens with zero attached hydrogens (tertiary/aromatic N) is 2. The lowest BCUT2D eigenvalue weighted by molar-refractivity contribution is -0.121. The molecule has 0 bridgehead atoms. The minimum absolute atomic E-state index is 0.103. The Kier molecular flexibility index (Phi) is 5.55. The lowest BCUT2D eigenvalue weighted by atomic mass is 10.1. The normalized spacial score (nSPS) is 14.1. The zero-order chi connectivity index (χ0) is 22.0. The van der Waals surface area contributed by atoms with Crippen molar-refractivity contribution < 1.29 is 23.9 Å². The Hall–Kier alpha value is -3.91. The van der Waals surface area contributed by atoms with Gasteiger partial charge in [-0.2, -0.15) is 0 Å². The van der Waals surface area contributed by atoms with Crippen LogP contribution in [0, 0.1) is 0 Å². The van der Waals surface area contributed by atoms with Crippen molar-refractivity contribution >= 4 is 46.6 Å². The van der Waals surface area contributed by atoms with E-state index in [2.05, 4.69) is 0 Å². The Bertz CT molecular complexity index is 1080. The summed E-state index contributed by atoms with van der Waals surface area (Å²) in [6.07, 6.45) is 1.51. The van der Waals surface area contributed by atoms with Crippen LogP contribution in [0.3, 0.4) is 0 Å². The molecule has 1 fully saturated rings. The van der Waals surface area contributed by atoms with Crippen molar-refractivity contribution in [1.29, 1.82) is 0 Å². The van der Waals surface area contributed by atoms with Crippen molar-refractivity contribution in [2.45, 2.75) is 0 Å². The predicted octanol–water partition coefficient (Wildman–Crippen LogP) is 4.35. The molecule has 0 spiro atoms. The van der Waals surface area contributed by atoms with E-state index in [1.807, 2.05) is 11.4 Å². The van der Waals surface area contributed by atoms with Crippen LogP contribution in [0.25, 0.3) is 6.08 Å². The third kappa shape index (κ3) is 3.80. The lowest BCUT2D eigenvalue weighted by Crippen LogP contribution is -2.57. The number of hydrogen-bond donors (Lipinski definition) is 0. The molecule has 4 rings (SSSR count). The first-order valence-electron chi connectivity index (χ1n) is 9.29. The number of ether oxygens (including phenoxy) is 2. The number of methoxy groups -OCH3 is 2. The highest BCUT2D eigenvalue weighted by Gasteiger charge is 2.43. The third-order valence-corrected chi connectivity index (χ3v) is 5.56. The second kappa shape index (κ2) is 8.45. The number of urea groups is 1. The molecule has 0 saturated carbocycles. The first kappa shape index (κ1) is 20.4. The fourth-order valence-electron chi connectivity index (χ4n) is 3.16. The Labute approximate surface area is 182 Å².